The molecule has 166 valence electrons. The quantitative estimate of drug-likeness (QED) is 0.539. The van der Waals surface area contributed by atoms with Crippen LogP contribution in [-0.2, 0) is 16.1 Å². The molecule has 1 amide bonds. The van der Waals surface area contributed by atoms with Gasteiger partial charge in [-0.2, -0.15) is 0 Å². The van der Waals surface area contributed by atoms with E-state index in [1.165, 1.54) is 0 Å². The number of carbonyl (C=O) groups excluding carboxylic acids is 1. The Morgan fingerprint density at radius 2 is 1.97 bits per heavy atom. The summed E-state index contributed by atoms with van der Waals surface area (Å²) in [5.74, 6) is 1.96. The first kappa shape index (κ1) is 22.3. The molecular formula is C22H35N5O3. The summed E-state index contributed by atoms with van der Waals surface area (Å²) >= 11 is 0. The summed E-state index contributed by atoms with van der Waals surface area (Å²) in [6.45, 7) is 10.6. The lowest BCUT2D eigenvalue weighted by Crippen LogP contribution is -2.50. The Labute approximate surface area is 179 Å². The van der Waals surface area contributed by atoms with E-state index in [0.717, 1.165) is 63.5 Å². The fraction of sp³-hybridized carbons (Fsp3) is 0.682. The second-order valence-corrected chi connectivity index (χ2v) is 7.72. The highest BCUT2D eigenvalue weighted by atomic mass is 16.5. The van der Waals surface area contributed by atoms with Gasteiger partial charge in [-0.1, -0.05) is 13.0 Å². The van der Waals surface area contributed by atoms with Crippen molar-refractivity contribution in [1.29, 1.82) is 0 Å². The molecule has 0 spiro atoms. The molecule has 2 aliphatic heterocycles. The van der Waals surface area contributed by atoms with Crippen LogP contribution in [0.3, 0.4) is 0 Å². The van der Waals surface area contributed by atoms with Gasteiger partial charge >= 0.3 is 0 Å². The summed E-state index contributed by atoms with van der Waals surface area (Å²) in [6.07, 6.45) is 4.52. The number of aliphatic imine (C=N–C) groups is 1. The van der Waals surface area contributed by atoms with Gasteiger partial charge in [0, 0.05) is 50.9 Å². The standard InChI is InChI=1S/C22H35N5O3/c1-3-13-30-20-6-5-18(16-24-20)17-25-22(23-4-2)27-9-7-19(8-10-27)21(28)26-11-14-29-15-12-26/h5-6,16,19H,3-4,7-15,17H2,1-2H3,(H,23,25). The van der Waals surface area contributed by atoms with Gasteiger partial charge in [0.05, 0.1) is 26.4 Å². The fourth-order valence-corrected chi connectivity index (χ4v) is 3.77. The second kappa shape index (κ2) is 11.7. The van der Waals surface area contributed by atoms with Crippen LogP contribution in [0.2, 0.25) is 0 Å². The molecule has 8 heteroatoms. The van der Waals surface area contributed by atoms with E-state index < -0.39 is 0 Å². The summed E-state index contributed by atoms with van der Waals surface area (Å²) in [5, 5.41) is 3.39. The minimum absolute atomic E-state index is 0.113. The van der Waals surface area contributed by atoms with Crippen molar-refractivity contribution in [1.82, 2.24) is 20.1 Å². The summed E-state index contributed by atoms with van der Waals surface area (Å²) < 4.78 is 10.9. The Bertz CT molecular complexity index is 681. The van der Waals surface area contributed by atoms with Crippen LogP contribution in [0.5, 0.6) is 5.88 Å². The van der Waals surface area contributed by atoms with Crippen molar-refractivity contribution in [3.8, 4) is 5.88 Å². The molecular weight excluding hydrogens is 382 g/mol. The molecule has 3 heterocycles. The van der Waals surface area contributed by atoms with Gasteiger partial charge in [-0.15, -0.1) is 0 Å². The topological polar surface area (TPSA) is 79.3 Å². The largest absolute Gasteiger partial charge is 0.478 e. The molecule has 0 bridgehead atoms. The predicted molar refractivity (Wildman–Crippen MR) is 117 cm³/mol. The van der Waals surface area contributed by atoms with Crippen LogP contribution < -0.4 is 10.1 Å². The Morgan fingerprint density at radius 3 is 2.60 bits per heavy atom. The van der Waals surface area contributed by atoms with Gasteiger partial charge in [-0.3, -0.25) is 4.79 Å². The third-order valence-corrected chi connectivity index (χ3v) is 5.46. The summed E-state index contributed by atoms with van der Waals surface area (Å²) in [6, 6.07) is 3.91. The number of carbonyl (C=O) groups is 1. The molecule has 2 fully saturated rings. The van der Waals surface area contributed by atoms with Gasteiger partial charge in [-0.25, -0.2) is 9.98 Å². The Hall–Kier alpha value is -2.35. The van der Waals surface area contributed by atoms with Crippen LogP contribution >= 0.6 is 0 Å². The normalized spacial score (nSPS) is 18.4. The molecule has 3 rings (SSSR count). The molecule has 2 aliphatic rings. The van der Waals surface area contributed by atoms with E-state index in [1.807, 2.05) is 23.2 Å². The number of rotatable bonds is 7. The van der Waals surface area contributed by atoms with E-state index in [-0.39, 0.29) is 11.8 Å². The predicted octanol–water partition coefficient (Wildman–Crippen LogP) is 1.91. The molecule has 30 heavy (non-hydrogen) atoms. The van der Waals surface area contributed by atoms with E-state index in [9.17, 15) is 4.79 Å². The zero-order valence-corrected chi connectivity index (χ0v) is 18.3. The van der Waals surface area contributed by atoms with E-state index in [2.05, 4.69) is 29.0 Å². The SMILES string of the molecule is CCCOc1ccc(CN=C(NCC)N2CCC(C(=O)N3CCOCC3)CC2)cn1. The van der Waals surface area contributed by atoms with Crippen molar-refractivity contribution in [2.45, 2.75) is 39.7 Å². The number of aromatic nitrogens is 1. The Balaban J connectivity index is 1.52. The number of hydrogen-bond donors (Lipinski definition) is 1. The van der Waals surface area contributed by atoms with Crippen molar-refractivity contribution in [2.24, 2.45) is 10.9 Å². The van der Waals surface area contributed by atoms with Gasteiger partial charge in [0.1, 0.15) is 0 Å². The average Bonchev–Trinajstić information content (AvgIpc) is 2.81. The fourth-order valence-electron chi connectivity index (χ4n) is 3.77. The van der Waals surface area contributed by atoms with E-state index in [1.54, 1.807) is 0 Å². The summed E-state index contributed by atoms with van der Waals surface area (Å²) in [5.41, 5.74) is 1.05. The molecule has 1 aromatic rings. The first-order valence-corrected chi connectivity index (χ1v) is 11.2. The molecule has 2 saturated heterocycles. The molecule has 0 atom stereocenters. The Morgan fingerprint density at radius 1 is 1.20 bits per heavy atom. The van der Waals surface area contributed by atoms with Crippen molar-refractivity contribution in [3.63, 3.8) is 0 Å². The van der Waals surface area contributed by atoms with Crippen molar-refractivity contribution < 1.29 is 14.3 Å². The smallest absolute Gasteiger partial charge is 0.225 e. The Kier molecular flexibility index (Phi) is 8.74. The molecule has 0 radical (unpaired) electrons. The van der Waals surface area contributed by atoms with Gasteiger partial charge in [0.25, 0.3) is 0 Å². The highest BCUT2D eigenvalue weighted by Crippen LogP contribution is 2.20. The van der Waals surface area contributed by atoms with Crippen molar-refractivity contribution in [3.05, 3.63) is 23.9 Å². The molecule has 0 unspecified atom stereocenters. The number of likely N-dealkylation sites (tertiary alicyclic amines) is 1. The van der Waals surface area contributed by atoms with Crippen molar-refractivity contribution in [2.75, 3.05) is 52.5 Å². The zero-order valence-electron chi connectivity index (χ0n) is 18.3. The number of piperidine rings is 1. The monoisotopic (exact) mass is 417 g/mol. The van der Waals surface area contributed by atoms with Crippen LogP contribution in [0.1, 0.15) is 38.7 Å². The maximum atomic E-state index is 12.7. The molecule has 0 aliphatic carbocycles. The number of morpholine rings is 1. The van der Waals surface area contributed by atoms with E-state index in [0.29, 0.717) is 32.2 Å². The molecule has 0 aromatic carbocycles. The number of amides is 1. The second-order valence-electron chi connectivity index (χ2n) is 7.72. The highest BCUT2D eigenvalue weighted by Gasteiger charge is 2.30. The number of pyridine rings is 1. The minimum Gasteiger partial charge on any atom is -0.478 e. The molecule has 8 nitrogen and oxygen atoms in total. The number of hydrogen-bond acceptors (Lipinski definition) is 5. The van der Waals surface area contributed by atoms with Gasteiger partial charge in [-0.05, 0) is 31.7 Å². The van der Waals surface area contributed by atoms with E-state index >= 15 is 0 Å². The summed E-state index contributed by atoms with van der Waals surface area (Å²) in [7, 11) is 0. The number of ether oxygens (including phenoxy) is 2. The summed E-state index contributed by atoms with van der Waals surface area (Å²) in [4.78, 5) is 26.1. The maximum absolute atomic E-state index is 12.7. The number of guanidine groups is 1. The van der Waals surface area contributed by atoms with Gasteiger partial charge in [0.2, 0.25) is 11.8 Å². The van der Waals surface area contributed by atoms with Crippen LogP contribution in [0.4, 0.5) is 0 Å². The molecule has 0 saturated carbocycles. The average molecular weight is 418 g/mol. The van der Waals surface area contributed by atoms with Crippen molar-refractivity contribution >= 4 is 11.9 Å². The van der Waals surface area contributed by atoms with Crippen LogP contribution in [-0.4, -0.2) is 79.2 Å². The first-order chi connectivity index (χ1) is 14.7. The lowest BCUT2D eigenvalue weighted by Gasteiger charge is -2.36. The highest BCUT2D eigenvalue weighted by molar-refractivity contribution is 5.82. The third kappa shape index (κ3) is 6.32. The third-order valence-electron chi connectivity index (χ3n) is 5.46. The first-order valence-electron chi connectivity index (χ1n) is 11.2. The van der Waals surface area contributed by atoms with Crippen LogP contribution in [0.15, 0.2) is 23.3 Å². The lowest BCUT2D eigenvalue weighted by atomic mass is 9.95. The van der Waals surface area contributed by atoms with Gasteiger partial charge < -0.3 is 24.6 Å². The van der Waals surface area contributed by atoms with E-state index in [4.69, 9.17) is 14.5 Å². The van der Waals surface area contributed by atoms with Gasteiger partial charge in [0.15, 0.2) is 5.96 Å². The molecule has 1 aromatic heterocycles. The number of nitrogens with one attached hydrogen (secondary N) is 1. The zero-order chi connectivity index (χ0) is 21.2. The number of nitrogens with zero attached hydrogens (tertiary/aromatic N) is 4. The minimum atomic E-state index is 0.113. The van der Waals surface area contributed by atoms with Crippen LogP contribution in [0.25, 0.3) is 0 Å². The van der Waals surface area contributed by atoms with Crippen LogP contribution in [0, 0.1) is 5.92 Å². The lowest BCUT2D eigenvalue weighted by molar-refractivity contribution is -0.140. The molecule has 1 N–H and O–H groups in total. The maximum Gasteiger partial charge on any atom is 0.225 e.